The van der Waals surface area contributed by atoms with E-state index in [0.29, 0.717) is 17.7 Å². The molecule has 0 aromatic heterocycles. The molecule has 39 heavy (non-hydrogen) atoms. The molecule has 2 aromatic rings. The molecular weight excluding hydrogens is 496 g/mol. The quantitative estimate of drug-likeness (QED) is 0.564. The molecule has 2 aromatic carbocycles. The Balaban J connectivity index is 1.59. The number of hydrogen-bond acceptors (Lipinski definition) is 6. The fourth-order valence-corrected chi connectivity index (χ4v) is 4.94. The van der Waals surface area contributed by atoms with Gasteiger partial charge in [0.05, 0.1) is 18.3 Å². The highest BCUT2D eigenvalue weighted by atomic mass is 16.3. The summed E-state index contributed by atoms with van der Waals surface area (Å²) in [6.45, 7) is 3.47. The molecule has 1 unspecified atom stereocenters. The van der Waals surface area contributed by atoms with Crippen molar-refractivity contribution >= 4 is 29.3 Å². The minimum absolute atomic E-state index is 0.0134. The first-order valence-electron chi connectivity index (χ1n) is 12.5. The van der Waals surface area contributed by atoms with Crippen molar-refractivity contribution in [3.05, 3.63) is 124 Å². The third-order valence-electron chi connectivity index (χ3n) is 7.05. The topological polar surface area (TPSA) is 115 Å². The summed E-state index contributed by atoms with van der Waals surface area (Å²) in [4.78, 5) is 56.1. The molecule has 0 spiro atoms. The number of carbonyl (C=O) groups is 4. The summed E-state index contributed by atoms with van der Waals surface area (Å²) in [5.41, 5.74) is 2.80. The van der Waals surface area contributed by atoms with Gasteiger partial charge in [0.1, 0.15) is 0 Å². The van der Waals surface area contributed by atoms with Crippen LogP contribution in [-0.2, 0) is 25.6 Å². The third-order valence-corrected chi connectivity index (χ3v) is 7.05. The maximum Gasteiger partial charge on any atom is 0.265 e. The van der Waals surface area contributed by atoms with E-state index in [-0.39, 0.29) is 40.9 Å². The number of hydrogen-bond donors (Lipinski definition) is 2. The summed E-state index contributed by atoms with van der Waals surface area (Å²) in [5, 5.41) is 19.3. The van der Waals surface area contributed by atoms with Gasteiger partial charge in [-0.1, -0.05) is 61.2 Å². The first-order valence-corrected chi connectivity index (χ1v) is 12.5. The van der Waals surface area contributed by atoms with Crippen LogP contribution < -0.4 is 4.90 Å². The molecule has 0 radical (unpaired) electrons. The van der Waals surface area contributed by atoms with E-state index in [0.717, 1.165) is 15.4 Å². The number of fused-ring (bicyclic) bond motifs is 4. The molecular formula is C31H26N2O6. The summed E-state index contributed by atoms with van der Waals surface area (Å²) in [5.74, 6) is -2.31. The zero-order valence-corrected chi connectivity index (χ0v) is 21.0. The molecule has 2 aliphatic heterocycles. The van der Waals surface area contributed by atoms with Crippen LogP contribution in [0.3, 0.4) is 0 Å². The van der Waals surface area contributed by atoms with Crippen LogP contribution in [0, 0.1) is 0 Å². The van der Waals surface area contributed by atoms with Crippen molar-refractivity contribution in [3.8, 4) is 0 Å². The summed E-state index contributed by atoms with van der Waals surface area (Å²) in [6.07, 6.45) is 6.33. The molecule has 196 valence electrons. The van der Waals surface area contributed by atoms with Crippen molar-refractivity contribution in [2.24, 2.45) is 0 Å². The summed E-state index contributed by atoms with van der Waals surface area (Å²) in [6, 6.07) is 14.6. The Labute approximate surface area is 225 Å². The Morgan fingerprint density at radius 2 is 1.31 bits per heavy atom. The number of aliphatic hydroxyl groups is 2. The molecule has 3 aliphatic rings. The highest BCUT2D eigenvalue weighted by Crippen LogP contribution is 2.36. The van der Waals surface area contributed by atoms with E-state index in [9.17, 15) is 29.4 Å². The zero-order chi connectivity index (χ0) is 27.7. The van der Waals surface area contributed by atoms with Crippen LogP contribution >= 0.6 is 0 Å². The van der Waals surface area contributed by atoms with Gasteiger partial charge in [-0.25, -0.2) is 4.90 Å². The van der Waals surface area contributed by atoms with Gasteiger partial charge in [0, 0.05) is 35.3 Å². The van der Waals surface area contributed by atoms with Crippen LogP contribution in [0.4, 0.5) is 5.69 Å². The highest BCUT2D eigenvalue weighted by molar-refractivity contribution is 6.32. The van der Waals surface area contributed by atoms with E-state index in [2.05, 4.69) is 6.58 Å². The number of benzene rings is 2. The van der Waals surface area contributed by atoms with Gasteiger partial charge in [-0.05, 0) is 47.4 Å². The largest absolute Gasteiger partial charge is 0.396 e. The van der Waals surface area contributed by atoms with E-state index in [1.807, 2.05) is 0 Å². The van der Waals surface area contributed by atoms with Crippen molar-refractivity contribution in [2.45, 2.75) is 18.9 Å². The second-order valence-electron chi connectivity index (χ2n) is 9.37. The van der Waals surface area contributed by atoms with E-state index in [4.69, 9.17) is 0 Å². The number of anilines is 1. The van der Waals surface area contributed by atoms with Crippen molar-refractivity contribution in [2.75, 3.05) is 18.1 Å². The molecule has 8 heteroatoms. The van der Waals surface area contributed by atoms with Crippen LogP contribution in [-0.4, -0.2) is 52.0 Å². The average molecular weight is 523 g/mol. The lowest BCUT2D eigenvalue weighted by Gasteiger charge is -2.35. The monoisotopic (exact) mass is 522 g/mol. The lowest BCUT2D eigenvalue weighted by molar-refractivity contribution is -0.145. The molecule has 2 fully saturated rings. The Hall–Kier alpha value is -4.66. The van der Waals surface area contributed by atoms with Gasteiger partial charge < -0.3 is 10.2 Å². The SMILES string of the molecule is C=C1C2=C/C=C3\C/C(=C\C=C/1C(=O)N(c1ccc(CCO)cc1)C2=O)C(=O)N(C(CO)c1ccccc1)C3=O. The lowest BCUT2D eigenvalue weighted by Crippen LogP contribution is -2.46. The van der Waals surface area contributed by atoms with Gasteiger partial charge >= 0.3 is 0 Å². The molecule has 2 heterocycles. The predicted molar refractivity (Wildman–Crippen MR) is 144 cm³/mol. The highest BCUT2D eigenvalue weighted by Gasteiger charge is 2.41. The Bertz CT molecular complexity index is 1450. The molecule has 4 bridgehead atoms. The summed E-state index contributed by atoms with van der Waals surface area (Å²) < 4.78 is 0. The van der Waals surface area contributed by atoms with E-state index in [1.165, 1.54) is 24.3 Å². The zero-order valence-electron chi connectivity index (χ0n) is 21.0. The first-order chi connectivity index (χ1) is 18.8. The molecule has 8 nitrogen and oxygen atoms in total. The number of nitrogens with zero attached hydrogens (tertiary/aromatic N) is 2. The number of allylic oxidation sites excluding steroid dienone is 4. The van der Waals surface area contributed by atoms with Gasteiger partial charge in [0.2, 0.25) is 0 Å². The second kappa shape index (κ2) is 10.6. The van der Waals surface area contributed by atoms with E-state index < -0.39 is 36.3 Å². The van der Waals surface area contributed by atoms with Gasteiger partial charge in [-0.15, -0.1) is 0 Å². The van der Waals surface area contributed by atoms with Crippen LogP contribution in [0.15, 0.2) is 113 Å². The van der Waals surface area contributed by atoms with Crippen LogP contribution in [0.2, 0.25) is 0 Å². The molecule has 4 amide bonds. The maximum atomic E-state index is 13.5. The minimum Gasteiger partial charge on any atom is -0.396 e. The number of imide groups is 2. The molecule has 1 aliphatic carbocycles. The Kier molecular flexibility index (Phi) is 7.06. The smallest absolute Gasteiger partial charge is 0.265 e. The second-order valence-corrected chi connectivity index (χ2v) is 9.37. The van der Waals surface area contributed by atoms with Gasteiger partial charge in [0.25, 0.3) is 23.6 Å². The van der Waals surface area contributed by atoms with Crippen molar-refractivity contribution in [1.29, 1.82) is 0 Å². The average Bonchev–Trinajstić information content (AvgIpc) is 2.94. The molecule has 0 saturated carbocycles. The number of likely N-dealkylation sites (tertiary alicyclic amines) is 1. The summed E-state index contributed by atoms with van der Waals surface area (Å²) >= 11 is 0. The fourth-order valence-electron chi connectivity index (χ4n) is 4.94. The standard InChI is InChI=1S/C31H26N2O6/c1-19-25-13-9-22-17-23(29(37)33(28(22)36)27(18-35)21-5-3-2-4-6-21)10-14-26(19)31(39)32(30(25)38)24-11-7-20(8-12-24)15-16-34/h2-14,27,34-35H,1,15-18H2/b22-9+,23-10+,25-13+,26-14?. The minimum atomic E-state index is -0.899. The van der Waals surface area contributed by atoms with E-state index in [1.54, 1.807) is 54.6 Å². The normalized spacial score (nSPS) is 22.4. The maximum absolute atomic E-state index is 13.5. The predicted octanol–water partition coefficient (Wildman–Crippen LogP) is 2.86. The van der Waals surface area contributed by atoms with Crippen LogP contribution in [0.5, 0.6) is 0 Å². The number of amides is 4. The Morgan fingerprint density at radius 1 is 0.744 bits per heavy atom. The molecule has 2 N–H and O–H groups in total. The molecule has 1 atom stereocenters. The third kappa shape index (κ3) is 4.60. The fraction of sp³-hybridized carbons (Fsp3) is 0.161. The van der Waals surface area contributed by atoms with Crippen molar-refractivity contribution < 1.29 is 29.4 Å². The lowest BCUT2D eigenvalue weighted by atomic mass is 9.87. The summed E-state index contributed by atoms with van der Waals surface area (Å²) in [7, 11) is 0. The van der Waals surface area contributed by atoms with Gasteiger partial charge in [-0.3, -0.25) is 24.1 Å². The number of rotatable bonds is 6. The van der Waals surface area contributed by atoms with Crippen molar-refractivity contribution in [3.63, 3.8) is 0 Å². The van der Waals surface area contributed by atoms with Crippen LogP contribution in [0.1, 0.15) is 23.6 Å². The number of piperidine rings is 2. The number of aliphatic hydroxyl groups excluding tert-OH is 2. The Morgan fingerprint density at radius 3 is 1.82 bits per heavy atom. The first kappa shape index (κ1) is 26.0. The van der Waals surface area contributed by atoms with Crippen molar-refractivity contribution in [1.82, 2.24) is 4.90 Å². The number of carbonyl (C=O) groups excluding carboxylic acids is 4. The van der Waals surface area contributed by atoms with Gasteiger partial charge in [-0.2, -0.15) is 0 Å². The molecule has 2 saturated heterocycles. The van der Waals surface area contributed by atoms with Gasteiger partial charge in [0.15, 0.2) is 0 Å². The molecule has 5 rings (SSSR count). The van der Waals surface area contributed by atoms with Crippen LogP contribution in [0.25, 0.3) is 0 Å². The van der Waals surface area contributed by atoms with E-state index >= 15 is 0 Å².